The van der Waals surface area contributed by atoms with Crippen molar-refractivity contribution in [1.29, 1.82) is 0 Å². The van der Waals surface area contributed by atoms with E-state index in [1.54, 1.807) is 11.9 Å². The van der Waals surface area contributed by atoms with Gasteiger partial charge in [0.1, 0.15) is 6.04 Å². The Balaban J connectivity index is 0.000000382. The van der Waals surface area contributed by atoms with Crippen molar-refractivity contribution in [3.63, 3.8) is 0 Å². The van der Waals surface area contributed by atoms with Crippen LogP contribution in [-0.4, -0.2) is 78.4 Å². The molecule has 0 bridgehead atoms. The Kier molecular flexibility index (Phi) is 15.2. The van der Waals surface area contributed by atoms with Crippen molar-refractivity contribution in [2.24, 2.45) is 34.8 Å². The molecule has 262 valence electrons. The Morgan fingerprint density at radius 3 is 2.09 bits per heavy atom. The number of carbonyl (C=O) groups is 6. The van der Waals surface area contributed by atoms with Gasteiger partial charge in [0, 0.05) is 13.0 Å². The number of benzene rings is 1. The molecule has 1 aliphatic carbocycles. The first kappa shape index (κ1) is 39.6. The van der Waals surface area contributed by atoms with Crippen molar-refractivity contribution in [2.45, 2.75) is 111 Å². The summed E-state index contributed by atoms with van der Waals surface area (Å²) < 4.78 is 0. The van der Waals surface area contributed by atoms with E-state index >= 15 is 0 Å². The second-order valence-electron chi connectivity index (χ2n) is 14.7. The Labute approximate surface area is 280 Å². The molecule has 1 saturated heterocycles. The third-order valence-corrected chi connectivity index (χ3v) is 9.16. The molecule has 5 atom stereocenters. The quantitative estimate of drug-likeness (QED) is 0.157. The van der Waals surface area contributed by atoms with Crippen LogP contribution in [0.4, 0.5) is 0 Å². The highest BCUT2D eigenvalue weighted by atomic mass is 16.2. The van der Waals surface area contributed by atoms with Gasteiger partial charge < -0.3 is 26.6 Å². The molecule has 1 aromatic rings. The van der Waals surface area contributed by atoms with Crippen LogP contribution in [0.25, 0.3) is 0 Å². The minimum atomic E-state index is -1.04. The van der Waals surface area contributed by atoms with Gasteiger partial charge in [0.15, 0.2) is 5.78 Å². The lowest BCUT2D eigenvalue weighted by atomic mass is 9.85. The molecule has 47 heavy (non-hydrogen) atoms. The third kappa shape index (κ3) is 11.9. The molecule has 4 unspecified atom stereocenters. The van der Waals surface area contributed by atoms with E-state index in [0.717, 1.165) is 31.2 Å². The lowest BCUT2D eigenvalue weighted by Crippen LogP contribution is -2.59. The summed E-state index contributed by atoms with van der Waals surface area (Å²) in [6.07, 6.45) is 4.90. The fourth-order valence-electron chi connectivity index (χ4n) is 6.34. The number of nitrogens with zero attached hydrogens (tertiary/aromatic N) is 1. The first-order valence-corrected chi connectivity index (χ1v) is 16.9. The van der Waals surface area contributed by atoms with E-state index in [4.69, 9.17) is 5.73 Å². The zero-order chi connectivity index (χ0) is 35.5. The van der Waals surface area contributed by atoms with E-state index in [1.807, 2.05) is 78.8 Å². The van der Waals surface area contributed by atoms with Crippen molar-refractivity contribution in [3.8, 4) is 0 Å². The van der Waals surface area contributed by atoms with Crippen LogP contribution in [0.1, 0.15) is 86.1 Å². The Hall–Kier alpha value is -3.60. The Morgan fingerprint density at radius 1 is 1.00 bits per heavy atom. The number of amides is 4. The highest BCUT2D eigenvalue weighted by molar-refractivity contribution is 6.37. The largest absolute Gasteiger partial charge is 0.363 e. The molecule has 4 amide bonds. The molecule has 11 nitrogen and oxygen atoms in total. The van der Waals surface area contributed by atoms with Crippen LogP contribution in [0.5, 0.6) is 0 Å². The number of ketones is 2. The summed E-state index contributed by atoms with van der Waals surface area (Å²) in [6.45, 7) is 14.4. The standard InChI is InChI=1S/C22H38N4O4.C14H19NO2/c1-12(2)14-9-10-26(21(30)18(24-6)22(3,4)5)16(14)20(29)25-15(11-13-7-8-13)17(27)19(23)28;1-11(2)14(15-10-16)13(17)9-8-12-6-4-3-5-7-12/h12-16,18,24H,7-11H2,1-6H3,(H2,23,28)(H,25,29);3-7,10-11,14H,8-9H2,1-2H3,(H,15,16)/t14?,15?,16-,18?;/m0./s1. The van der Waals surface area contributed by atoms with E-state index in [1.165, 1.54) is 0 Å². The molecule has 1 heterocycles. The van der Waals surface area contributed by atoms with E-state index in [0.29, 0.717) is 31.7 Å². The van der Waals surface area contributed by atoms with Gasteiger partial charge in [-0.3, -0.25) is 28.8 Å². The minimum Gasteiger partial charge on any atom is -0.363 e. The summed E-state index contributed by atoms with van der Waals surface area (Å²) in [5.74, 6) is -1.57. The van der Waals surface area contributed by atoms with Gasteiger partial charge in [-0.2, -0.15) is 0 Å². The number of primary amides is 1. The Morgan fingerprint density at radius 2 is 1.62 bits per heavy atom. The normalized spacial score (nSPS) is 19.7. The topological polar surface area (TPSA) is 168 Å². The van der Waals surface area contributed by atoms with Crippen molar-refractivity contribution < 1.29 is 28.8 Å². The van der Waals surface area contributed by atoms with E-state index in [9.17, 15) is 28.8 Å². The zero-order valence-corrected chi connectivity index (χ0v) is 29.5. The molecule has 2 aliphatic rings. The van der Waals surface area contributed by atoms with Gasteiger partial charge in [0.25, 0.3) is 5.91 Å². The number of nitrogens with two attached hydrogens (primary N) is 1. The van der Waals surface area contributed by atoms with Gasteiger partial charge in [-0.25, -0.2) is 0 Å². The number of aryl methyl sites for hydroxylation is 1. The average molecular weight is 656 g/mol. The highest BCUT2D eigenvalue weighted by Gasteiger charge is 2.47. The van der Waals surface area contributed by atoms with Crippen molar-refractivity contribution in [3.05, 3.63) is 35.9 Å². The fraction of sp³-hybridized carbons (Fsp3) is 0.667. The molecular formula is C36H57N5O6. The van der Waals surface area contributed by atoms with Crippen molar-refractivity contribution in [1.82, 2.24) is 20.9 Å². The van der Waals surface area contributed by atoms with Gasteiger partial charge in [0.2, 0.25) is 24.0 Å². The van der Waals surface area contributed by atoms with Crippen LogP contribution >= 0.6 is 0 Å². The second kappa shape index (κ2) is 18.1. The van der Waals surface area contributed by atoms with Crippen LogP contribution in [0.3, 0.4) is 0 Å². The molecule has 1 aromatic carbocycles. The van der Waals surface area contributed by atoms with Crippen LogP contribution in [0.15, 0.2) is 30.3 Å². The molecule has 1 aliphatic heterocycles. The molecule has 11 heteroatoms. The first-order chi connectivity index (χ1) is 22.0. The predicted octanol–water partition coefficient (Wildman–Crippen LogP) is 2.79. The van der Waals surface area contributed by atoms with Gasteiger partial charge in [-0.05, 0) is 61.0 Å². The van der Waals surface area contributed by atoms with Gasteiger partial charge >= 0.3 is 0 Å². The number of hydrogen-bond donors (Lipinski definition) is 4. The smallest absolute Gasteiger partial charge is 0.287 e. The number of likely N-dealkylation sites (tertiary alicyclic amines) is 1. The van der Waals surface area contributed by atoms with Gasteiger partial charge in [0.05, 0.1) is 18.1 Å². The molecular weight excluding hydrogens is 598 g/mol. The second-order valence-corrected chi connectivity index (χ2v) is 14.7. The zero-order valence-electron chi connectivity index (χ0n) is 29.5. The molecule has 5 N–H and O–H groups in total. The average Bonchev–Trinajstić information content (AvgIpc) is 3.70. The van der Waals surface area contributed by atoms with E-state index in [-0.39, 0.29) is 46.8 Å². The molecule has 0 spiro atoms. The van der Waals surface area contributed by atoms with Crippen molar-refractivity contribution in [2.75, 3.05) is 13.6 Å². The number of nitrogens with one attached hydrogen (secondary N) is 3. The summed E-state index contributed by atoms with van der Waals surface area (Å²) >= 11 is 0. The number of carbonyl (C=O) groups excluding carboxylic acids is 6. The lowest BCUT2D eigenvalue weighted by molar-refractivity contribution is -0.144. The Bertz CT molecular complexity index is 1220. The monoisotopic (exact) mass is 655 g/mol. The van der Waals surface area contributed by atoms with Crippen LogP contribution in [-0.2, 0) is 35.2 Å². The molecule has 2 fully saturated rings. The number of likely N-dealkylation sites (N-methyl/N-ethyl adjacent to an activating group) is 1. The molecule has 0 aromatic heterocycles. The number of rotatable bonds is 16. The summed E-state index contributed by atoms with van der Waals surface area (Å²) in [5, 5.41) is 8.45. The summed E-state index contributed by atoms with van der Waals surface area (Å²) in [4.78, 5) is 74.5. The lowest BCUT2D eigenvalue weighted by Gasteiger charge is -2.36. The SMILES string of the molecule is CC(C)C(NC=O)C(=O)CCc1ccccc1.CNC(C(=O)N1CCC(C(C)C)[C@H]1C(=O)NC(CC1CC1)C(=O)C(N)=O)C(C)(C)C. The molecule has 3 rings (SSSR count). The van der Waals surface area contributed by atoms with Crippen LogP contribution in [0.2, 0.25) is 0 Å². The van der Waals surface area contributed by atoms with Crippen LogP contribution in [0, 0.1) is 29.1 Å². The maximum absolute atomic E-state index is 13.4. The number of Topliss-reactive ketones (excluding diaryl/α,β-unsaturated/α-hetero) is 2. The predicted molar refractivity (Wildman–Crippen MR) is 182 cm³/mol. The van der Waals surface area contributed by atoms with Crippen molar-refractivity contribution >= 4 is 35.7 Å². The fourth-order valence-corrected chi connectivity index (χ4v) is 6.34. The number of hydrogen-bond acceptors (Lipinski definition) is 7. The molecule has 1 saturated carbocycles. The van der Waals surface area contributed by atoms with Gasteiger partial charge in [-0.1, -0.05) is 91.6 Å². The first-order valence-electron chi connectivity index (χ1n) is 16.9. The van der Waals surface area contributed by atoms with Crippen LogP contribution < -0.4 is 21.7 Å². The maximum atomic E-state index is 13.4. The highest BCUT2D eigenvalue weighted by Crippen LogP contribution is 2.35. The van der Waals surface area contributed by atoms with Gasteiger partial charge in [-0.15, -0.1) is 0 Å². The summed E-state index contributed by atoms with van der Waals surface area (Å²) in [6, 6.07) is 7.50. The summed E-state index contributed by atoms with van der Waals surface area (Å²) in [7, 11) is 1.75. The third-order valence-electron chi connectivity index (χ3n) is 9.16. The maximum Gasteiger partial charge on any atom is 0.287 e. The minimum absolute atomic E-state index is 0.0170. The summed E-state index contributed by atoms with van der Waals surface area (Å²) in [5.41, 5.74) is 6.03. The molecule has 0 radical (unpaired) electrons. The van der Waals surface area contributed by atoms with E-state index in [2.05, 4.69) is 16.0 Å². The van der Waals surface area contributed by atoms with E-state index < -0.39 is 29.8 Å².